The Morgan fingerprint density at radius 3 is 1.17 bits per heavy atom. The molecule has 9 rings (SSSR count). The molecule has 0 aliphatic carbocycles. The summed E-state index contributed by atoms with van der Waals surface area (Å²) >= 11 is 0. The van der Waals surface area contributed by atoms with Gasteiger partial charge in [-0.05, 0) is 231 Å². The van der Waals surface area contributed by atoms with Crippen LogP contribution in [0.25, 0.3) is 22.3 Å². The van der Waals surface area contributed by atoms with E-state index >= 15 is 0 Å². The van der Waals surface area contributed by atoms with Crippen molar-refractivity contribution in [3.05, 3.63) is 200 Å². The minimum atomic E-state index is -0.855. The third kappa shape index (κ3) is 14.7. The summed E-state index contributed by atoms with van der Waals surface area (Å²) in [5, 5.41) is 22.6. The van der Waals surface area contributed by atoms with Gasteiger partial charge in [-0.3, -0.25) is 0 Å². The molecule has 7 atom stereocenters. The number of aryl methyl sites for hydroxylation is 8. The smallest absolute Gasteiger partial charge is 0.125 e. The fraction of sp³-hybridized carbons (Fsp3) is 0.447. The Morgan fingerprint density at radius 1 is 0.430 bits per heavy atom. The lowest BCUT2D eigenvalue weighted by atomic mass is 9.71. The maximum absolute atomic E-state index is 11.4. The Hall–Kier alpha value is -6.50. The van der Waals surface area contributed by atoms with Gasteiger partial charge in [-0.1, -0.05) is 119 Å². The van der Waals surface area contributed by atoms with Gasteiger partial charge in [0, 0.05) is 5.41 Å². The lowest BCUT2D eigenvalue weighted by Crippen LogP contribution is -2.35. The molecule has 2 N–H and O–H groups in total. The van der Waals surface area contributed by atoms with Crippen LogP contribution in [0, 0.1) is 55.4 Å². The van der Waals surface area contributed by atoms with E-state index in [0.29, 0.717) is 24.7 Å². The van der Waals surface area contributed by atoms with Crippen LogP contribution in [0.3, 0.4) is 0 Å². The number of benzene rings is 7. The molecule has 0 bridgehead atoms. The van der Waals surface area contributed by atoms with Crippen LogP contribution < -0.4 is 18.9 Å². The summed E-state index contributed by atoms with van der Waals surface area (Å²) in [6.07, 6.45) is 4.14. The van der Waals surface area contributed by atoms with Crippen molar-refractivity contribution in [2.24, 2.45) is 0 Å². The average Bonchev–Trinajstić information content (AvgIpc) is 2.44. The van der Waals surface area contributed by atoms with Crippen LogP contribution in [0.15, 0.2) is 127 Å². The molecular weight excluding hydrogens is 1070 g/mol. The third-order valence-corrected chi connectivity index (χ3v) is 17.8. The van der Waals surface area contributed by atoms with E-state index in [1.165, 1.54) is 33.4 Å². The maximum atomic E-state index is 11.4. The first kappa shape index (κ1) is 64.0. The molecule has 0 spiro atoms. The molecule has 2 heterocycles. The van der Waals surface area contributed by atoms with Gasteiger partial charge in [-0.2, -0.15) is 0 Å². The molecule has 0 aromatic heterocycles. The normalized spacial score (nSPS) is 17.4. The van der Waals surface area contributed by atoms with E-state index in [9.17, 15) is 10.2 Å². The van der Waals surface area contributed by atoms with Crippen molar-refractivity contribution in [1.82, 2.24) is 0 Å². The molecule has 7 aromatic carbocycles. The minimum Gasteiger partial charge on any atom is -0.491 e. The SMILES string of the molecule is CCCC(CC)(OCC(O)COc1ccc(C(C)(c2ccccc2)c2ccc(OCC(O)COc3c(C)cc(-c4cc(C)c(C(CC)(CCC)OCC5CO5)c(C)c4)cc3C)cc2)cc1)c1c(C)cc(-c2cc(C)c(OCC3CO3)c(C)c2)cc1C. The molecule has 0 amide bonds. The van der Waals surface area contributed by atoms with Crippen LogP contribution >= 0.6 is 0 Å². The van der Waals surface area contributed by atoms with E-state index in [4.69, 9.17) is 37.9 Å². The lowest BCUT2D eigenvalue weighted by molar-refractivity contribution is -0.0993. The predicted octanol–water partition coefficient (Wildman–Crippen LogP) is 16.1. The molecule has 2 saturated heterocycles. The van der Waals surface area contributed by atoms with Crippen molar-refractivity contribution in [2.75, 3.05) is 52.9 Å². The largest absolute Gasteiger partial charge is 0.491 e. The van der Waals surface area contributed by atoms with E-state index in [1.54, 1.807) is 0 Å². The lowest BCUT2D eigenvalue weighted by Gasteiger charge is -2.37. The summed E-state index contributed by atoms with van der Waals surface area (Å²) in [6, 6.07) is 44.7. The Kier molecular flexibility index (Phi) is 20.9. The first-order valence-electron chi connectivity index (χ1n) is 31.5. The van der Waals surface area contributed by atoms with Crippen molar-refractivity contribution < 1.29 is 48.1 Å². The first-order chi connectivity index (χ1) is 41.3. The highest BCUT2D eigenvalue weighted by atomic mass is 16.6. The van der Waals surface area contributed by atoms with Gasteiger partial charge < -0.3 is 48.1 Å². The van der Waals surface area contributed by atoms with Crippen molar-refractivity contribution in [1.29, 1.82) is 0 Å². The maximum Gasteiger partial charge on any atom is 0.125 e. The molecule has 2 aliphatic rings. The number of epoxide rings is 2. The van der Waals surface area contributed by atoms with Gasteiger partial charge in [0.1, 0.15) is 73.8 Å². The topological polar surface area (TPSA) is 121 Å². The molecule has 0 radical (unpaired) electrons. The minimum absolute atomic E-state index is 0.0722. The molecule has 10 heteroatoms. The van der Waals surface area contributed by atoms with Gasteiger partial charge in [0.15, 0.2) is 0 Å². The summed E-state index contributed by atoms with van der Waals surface area (Å²) in [5.41, 5.74) is 18.0. The second kappa shape index (κ2) is 28.1. The molecule has 0 saturated carbocycles. The highest BCUT2D eigenvalue weighted by Crippen LogP contribution is 2.45. The molecule has 10 nitrogen and oxygen atoms in total. The molecule has 7 unspecified atom stereocenters. The Balaban J connectivity index is 0.801. The standard InChI is InChI=1S/C76H94O10/c1-14-31-75(16-3,70-49(5)33-57(34-50(70)6)60-39-55(11)73(56(12)40-60)84-47-68-45-81-68)85-44-65(78)42-80-67-29-25-63(26-30-67)74(13,61-21-19-18-20-22-61)62-23-27-66(28-24-62)79-41-64(77)43-83-72-53(9)37-59(38-54(72)10)58-35-51(7)71(52(8)36-58)76(17-4,32-15-2)86-48-69-46-82-69/h18-30,33-40,64-65,68-69,77-78H,14-17,31-32,41-48H2,1-13H3. The van der Waals surface area contributed by atoms with Crippen LogP contribution in [-0.4, -0.2) is 87.5 Å². The van der Waals surface area contributed by atoms with E-state index < -0.39 is 23.2 Å². The summed E-state index contributed by atoms with van der Waals surface area (Å²) < 4.78 is 49.3. The Morgan fingerprint density at radius 2 is 0.779 bits per heavy atom. The average molecular weight is 1170 g/mol. The summed E-state index contributed by atoms with van der Waals surface area (Å²) in [7, 11) is 0. The molecule has 2 fully saturated rings. The van der Waals surface area contributed by atoms with Crippen LogP contribution in [0.1, 0.15) is 145 Å². The zero-order chi connectivity index (χ0) is 61.3. The monoisotopic (exact) mass is 1170 g/mol. The van der Waals surface area contributed by atoms with Gasteiger partial charge in [-0.15, -0.1) is 0 Å². The number of aliphatic hydroxyl groups is 2. The summed E-state index contributed by atoms with van der Waals surface area (Å²) in [4.78, 5) is 0. The Labute approximate surface area is 513 Å². The summed E-state index contributed by atoms with van der Waals surface area (Å²) in [5.74, 6) is 3.02. The summed E-state index contributed by atoms with van der Waals surface area (Å²) in [6.45, 7) is 31.3. The first-order valence-corrected chi connectivity index (χ1v) is 31.5. The van der Waals surface area contributed by atoms with Crippen LogP contribution in [0.4, 0.5) is 0 Å². The van der Waals surface area contributed by atoms with E-state index in [-0.39, 0.29) is 44.2 Å². The van der Waals surface area contributed by atoms with Gasteiger partial charge in [-0.25, -0.2) is 0 Å². The van der Waals surface area contributed by atoms with Gasteiger partial charge in [0.05, 0.1) is 37.6 Å². The van der Waals surface area contributed by atoms with Crippen molar-refractivity contribution in [2.45, 2.75) is 170 Å². The van der Waals surface area contributed by atoms with Crippen molar-refractivity contribution in [3.8, 4) is 45.3 Å². The zero-order valence-electron chi connectivity index (χ0n) is 53.5. The second-order valence-electron chi connectivity index (χ2n) is 24.7. The van der Waals surface area contributed by atoms with Crippen LogP contribution in [-0.2, 0) is 35.6 Å². The van der Waals surface area contributed by atoms with Gasteiger partial charge >= 0.3 is 0 Å². The Bertz CT molecular complexity index is 3290. The fourth-order valence-electron chi connectivity index (χ4n) is 13.4. The van der Waals surface area contributed by atoms with Gasteiger partial charge in [0.25, 0.3) is 0 Å². The molecule has 2 aliphatic heterocycles. The van der Waals surface area contributed by atoms with Crippen molar-refractivity contribution >= 4 is 0 Å². The zero-order valence-corrected chi connectivity index (χ0v) is 53.5. The van der Waals surface area contributed by atoms with Crippen LogP contribution in [0.5, 0.6) is 23.0 Å². The van der Waals surface area contributed by atoms with Gasteiger partial charge in [0.2, 0.25) is 0 Å². The number of ether oxygens (including phenoxy) is 8. The molecular formula is C76H94O10. The second-order valence-corrected chi connectivity index (χ2v) is 24.7. The highest BCUT2D eigenvalue weighted by Gasteiger charge is 2.38. The number of rotatable bonds is 31. The van der Waals surface area contributed by atoms with E-state index in [1.807, 2.05) is 30.3 Å². The number of aliphatic hydroxyl groups excluding tert-OH is 2. The molecule has 86 heavy (non-hydrogen) atoms. The number of hydrogen-bond acceptors (Lipinski definition) is 10. The van der Waals surface area contributed by atoms with Crippen LogP contribution in [0.2, 0.25) is 0 Å². The molecule has 7 aromatic rings. The predicted molar refractivity (Wildman–Crippen MR) is 346 cm³/mol. The van der Waals surface area contributed by atoms with E-state index in [0.717, 1.165) is 124 Å². The van der Waals surface area contributed by atoms with Crippen molar-refractivity contribution in [3.63, 3.8) is 0 Å². The fourth-order valence-corrected chi connectivity index (χ4v) is 13.4. The third-order valence-electron chi connectivity index (χ3n) is 17.8. The quantitative estimate of drug-likeness (QED) is 0.0321. The molecule has 458 valence electrons. The van der Waals surface area contributed by atoms with E-state index in [2.05, 4.69) is 187 Å². The highest BCUT2D eigenvalue weighted by molar-refractivity contribution is 5.71. The number of hydrogen-bond donors (Lipinski definition) is 2.